The zero-order valence-corrected chi connectivity index (χ0v) is 10.3. The first kappa shape index (κ1) is 13.2. The molecular weight excluding hydrogens is 268 g/mol. The number of nitrogens with two attached hydrogens (primary N) is 1. The molecule has 9 heteroatoms. The minimum atomic E-state index is -1.21. The Balaban J connectivity index is 1.96. The minimum Gasteiger partial charge on any atom is -0.394 e. The van der Waals surface area contributed by atoms with E-state index in [-0.39, 0.29) is 11.6 Å². The van der Waals surface area contributed by atoms with Crippen LogP contribution in [0, 0.1) is 0 Å². The van der Waals surface area contributed by atoms with E-state index in [1.807, 2.05) is 0 Å². The number of aliphatic imine (C=N–C) groups is 1. The Morgan fingerprint density at radius 3 is 2.80 bits per heavy atom. The van der Waals surface area contributed by atoms with Crippen LogP contribution in [0.15, 0.2) is 9.79 Å². The van der Waals surface area contributed by atoms with Gasteiger partial charge in [0.05, 0.1) is 18.2 Å². The van der Waals surface area contributed by atoms with Crippen LogP contribution >= 0.6 is 0 Å². The molecule has 0 aliphatic carbocycles. The monoisotopic (exact) mass is 282 g/mol. The summed E-state index contributed by atoms with van der Waals surface area (Å²) in [5, 5.41) is 28.8. The number of aromatic amines is 1. The fraction of sp³-hybridized carbons (Fsp3) is 0.545. The van der Waals surface area contributed by atoms with Crippen LogP contribution in [0.1, 0.15) is 11.6 Å². The van der Waals surface area contributed by atoms with Gasteiger partial charge in [-0.05, 0) is 0 Å². The SMILES string of the molecule is Nc1nc2c(c(=O)[nH]1)N=C[C@H]2[C@@H]1O[C@H](CO)[C@H](O)[C@@H]1O. The fourth-order valence-electron chi connectivity index (χ4n) is 2.55. The number of nitrogens with one attached hydrogen (secondary N) is 1. The second-order valence-corrected chi connectivity index (χ2v) is 4.79. The number of ether oxygens (including phenoxy) is 1. The molecule has 5 atom stereocenters. The van der Waals surface area contributed by atoms with Gasteiger partial charge in [-0.3, -0.25) is 14.8 Å². The van der Waals surface area contributed by atoms with Crippen molar-refractivity contribution >= 4 is 17.9 Å². The lowest BCUT2D eigenvalue weighted by Crippen LogP contribution is -2.36. The third-order valence-corrected chi connectivity index (χ3v) is 3.55. The molecular formula is C11H14N4O5. The standard InChI is InChI=1S/C11H14N4O5/c12-11-14-5-3(1-13-6(5)10(19)15-11)9-8(18)7(17)4(2-16)20-9/h1,3-4,7-9,16-18H,2H2,(H3,12,14,15,19)/t3-,4-,7+,8+,9+/m1/s1. The van der Waals surface area contributed by atoms with Crippen molar-refractivity contribution in [2.45, 2.75) is 30.3 Å². The van der Waals surface area contributed by atoms with E-state index in [9.17, 15) is 15.0 Å². The van der Waals surface area contributed by atoms with Crippen molar-refractivity contribution in [3.05, 3.63) is 16.0 Å². The number of nitrogen functional groups attached to an aromatic ring is 1. The summed E-state index contributed by atoms with van der Waals surface area (Å²) < 4.78 is 5.42. The van der Waals surface area contributed by atoms with E-state index in [2.05, 4.69) is 15.0 Å². The zero-order valence-electron chi connectivity index (χ0n) is 10.3. The van der Waals surface area contributed by atoms with Gasteiger partial charge >= 0.3 is 0 Å². The van der Waals surface area contributed by atoms with E-state index in [1.54, 1.807) is 0 Å². The van der Waals surface area contributed by atoms with Crippen LogP contribution in [-0.4, -0.2) is 62.5 Å². The van der Waals surface area contributed by atoms with Gasteiger partial charge in [0.15, 0.2) is 5.69 Å². The Hall–Kier alpha value is -1.81. The van der Waals surface area contributed by atoms with E-state index in [0.29, 0.717) is 5.69 Å². The molecule has 2 aliphatic rings. The van der Waals surface area contributed by atoms with Gasteiger partial charge in [-0.2, -0.15) is 0 Å². The molecule has 108 valence electrons. The maximum Gasteiger partial charge on any atom is 0.278 e. The molecule has 0 unspecified atom stereocenters. The molecule has 0 aromatic carbocycles. The van der Waals surface area contributed by atoms with Crippen molar-refractivity contribution in [1.82, 2.24) is 9.97 Å². The summed E-state index contributed by atoms with van der Waals surface area (Å²) in [6.45, 7) is -0.420. The van der Waals surface area contributed by atoms with E-state index < -0.39 is 42.5 Å². The molecule has 0 saturated carbocycles. The first-order valence-electron chi connectivity index (χ1n) is 6.09. The van der Waals surface area contributed by atoms with E-state index in [0.717, 1.165) is 0 Å². The van der Waals surface area contributed by atoms with Crippen molar-refractivity contribution < 1.29 is 20.1 Å². The number of aliphatic hydroxyl groups excluding tert-OH is 3. The summed E-state index contributed by atoms with van der Waals surface area (Å²) in [5.74, 6) is -0.660. The fourth-order valence-corrected chi connectivity index (χ4v) is 2.55. The number of hydrogen-bond acceptors (Lipinski definition) is 8. The largest absolute Gasteiger partial charge is 0.394 e. The maximum absolute atomic E-state index is 11.7. The molecule has 0 spiro atoms. The molecule has 3 rings (SSSR count). The van der Waals surface area contributed by atoms with Crippen LogP contribution < -0.4 is 11.3 Å². The summed E-state index contributed by atoms with van der Waals surface area (Å²) in [6, 6.07) is 0. The molecule has 0 bridgehead atoms. The quantitative estimate of drug-likeness (QED) is 0.406. The van der Waals surface area contributed by atoms with E-state index >= 15 is 0 Å². The molecule has 2 aliphatic heterocycles. The predicted molar refractivity (Wildman–Crippen MR) is 67.9 cm³/mol. The second-order valence-electron chi connectivity index (χ2n) is 4.79. The molecule has 1 saturated heterocycles. The number of nitrogens with zero attached hydrogens (tertiary/aromatic N) is 2. The summed E-state index contributed by atoms with van der Waals surface area (Å²) in [5.41, 5.74) is 5.42. The lowest BCUT2D eigenvalue weighted by Gasteiger charge is -2.19. The molecule has 0 radical (unpaired) electrons. The van der Waals surface area contributed by atoms with Gasteiger partial charge < -0.3 is 25.8 Å². The van der Waals surface area contributed by atoms with Crippen LogP contribution in [0.2, 0.25) is 0 Å². The first-order chi connectivity index (χ1) is 9.52. The van der Waals surface area contributed by atoms with Gasteiger partial charge in [0.2, 0.25) is 5.95 Å². The second kappa shape index (κ2) is 4.63. The molecule has 3 heterocycles. The Morgan fingerprint density at radius 1 is 1.40 bits per heavy atom. The average Bonchev–Trinajstić information content (AvgIpc) is 2.93. The highest BCUT2D eigenvalue weighted by Gasteiger charge is 2.48. The lowest BCUT2D eigenvalue weighted by atomic mass is 9.95. The molecule has 9 nitrogen and oxygen atoms in total. The number of aromatic nitrogens is 2. The average molecular weight is 282 g/mol. The van der Waals surface area contributed by atoms with Gasteiger partial charge in [-0.25, -0.2) is 4.98 Å². The Morgan fingerprint density at radius 2 is 2.15 bits per heavy atom. The summed E-state index contributed by atoms with van der Waals surface area (Å²) in [7, 11) is 0. The molecule has 1 aromatic rings. The predicted octanol–water partition coefficient (Wildman–Crippen LogP) is -2.37. The third-order valence-electron chi connectivity index (χ3n) is 3.55. The van der Waals surface area contributed by atoms with Gasteiger partial charge in [-0.1, -0.05) is 0 Å². The number of aliphatic hydroxyl groups is 3. The Kier molecular flexibility index (Phi) is 3.05. The highest BCUT2D eigenvalue weighted by molar-refractivity contribution is 5.80. The zero-order chi connectivity index (χ0) is 14.4. The lowest BCUT2D eigenvalue weighted by molar-refractivity contribution is -0.0237. The van der Waals surface area contributed by atoms with Crippen molar-refractivity contribution in [1.29, 1.82) is 0 Å². The van der Waals surface area contributed by atoms with Crippen molar-refractivity contribution in [3.8, 4) is 0 Å². The Labute approximate surface area is 112 Å². The highest BCUT2D eigenvalue weighted by Crippen LogP contribution is 2.36. The highest BCUT2D eigenvalue weighted by atomic mass is 16.6. The van der Waals surface area contributed by atoms with Crippen LogP contribution in [0.3, 0.4) is 0 Å². The number of fused-ring (bicyclic) bond motifs is 1. The van der Waals surface area contributed by atoms with Gasteiger partial charge in [0.1, 0.15) is 24.4 Å². The molecule has 1 aromatic heterocycles. The number of anilines is 1. The van der Waals surface area contributed by atoms with Crippen LogP contribution in [-0.2, 0) is 4.74 Å². The molecule has 20 heavy (non-hydrogen) atoms. The van der Waals surface area contributed by atoms with Crippen LogP contribution in [0.5, 0.6) is 0 Å². The first-order valence-corrected chi connectivity index (χ1v) is 6.09. The van der Waals surface area contributed by atoms with Gasteiger partial charge in [0, 0.05) is 6.21 Å². The smallest absolute Gasteiger partial charge is 0.278 e. The molecule has 1 fully saturated rings. The number of hydrogen-bond donors (Lipinski definition) is 5. The number of H-pyrrole nitrogens is 1. The number of rotatable bonds is 2. The van der Waals surface area contributed by atoms with Gasteiger partial charge in [0.25, 0.3) is 5.56 Å². The minimum absolute atomic E-state index is 0.0593. The third kappa shape index (κ3) is 1.83. The maximum atomic E-state index is 11.7. The summed E-state index contributed by atoms with van der Waals surface area (Å²) >= 11 is 0. The van der Waals surface area contributed by atoms with Crippen LogP contribution in [0.4, 0.5) is 11.6 Å². The van der Waals surface area contributed by atoms with E-state index in [4.69, 9.17) is 15.6 Å². The van der Waals surface area contributed by atoms with Gasteiger partial charge in [-0.15, -0.1) is 0 Å². The Bertz CT molecular complexity index is 615. The topological polar surface area (TPSA) is 154 Å². The van der Waals surface area contributed by atoms with Crippen molar-refractivity contribution in [2.75, 3.05) is 12.3 Å². The summed E-state index contributed by atoms with van der Waals surface area (Å²) in [6.07, 6.45) is -2.72. The summed E-state index contributed by atoms with van der Waals surface area (Å²) in [4.78, 5) is 22.0. The van der Waals surface area contributed by atoms with Crippen LogP contribution in [0.25, 0.3) is 0 Å². The van der Waals surface area contributed by atoms with E-state index in [1.165, 1.54) is 6.21 Å². The molecule has 6 N–H and O–H groups in total. The molecule has 0 amide bonds. The van der Waals surface area contributed by atoms with Crippen molar-refractivity contribution in [2.24, 2.45) is 4.99 Å². The normalized spacial score (nSPS) is 35.5. The van der Waals surface area contributed by atoms with Crippen molar-refractivity contribution in [3.63, 3.8) is 0 Å².